The number of anilines is 1. The molecule has 0 aliphatic carbocycles. The molecule has 1 aliphatic heterocycles. The molecule has 9 nitrogen and oxygen atoms in total. The van der Waals surface area contributed by atoms with Gasteiger partial charge in [0.05, 0.1) is 31.8 Å². The van der Waals surface area contributed by atoms with Crippen LogP contribution in [0.1, 0.15) is 53.9 Å². The van der Waals surface area contributed by atoms with E-state index in [1.807, 2.05) is 39.8 Å². The average Bonchev–Trinajstić information content (AvgIpc) is 3.35. The van der Waals surface area contributed by atoms with Gasteiger partial charge in [-0.1, -0.05) is 6.07 Å². The van der Waals surface area contributed by atoms with Crippen LogP contribution >= 0.6 is 0 Å². The highest BCUT2D eigenvalue weighted by Crippen LogP contribution is 2.37. The predicted octanol–water partition coefficient (Wildman–Crippen LogP) is 5.23. The summed E-state index contributed by atoms with van der Waals surface area (Å²) in [5.74, 6) is 0.112. The Kier molecular flexibility index (Phi) is 8.89. The Balaban J connectivity index is 1.75. The Labute approximate surface area is 238 Å². The molecule has 0 amide bonds. The highest BCUT2D eigenvalue weighted by Gasteiger charge is 2.32. The molecule has 1 saturated heterocycles. The largest absolute Gasteiger partial charge is 0.496 e. The Morgan fingerprint density at radius 1 is 1.12 bits per heavy atom. The van der Waals surface area contributed by atoms with Crippen LogP contribution in [-0.4, -0.2) is 78.9 Å². The van der Waals surface area contributed by atoms with Crippen LogP contribution in [0.25, 0.3) is 10.9 Å². The third kappa shape index (κ3) is 6.62. The SMILES string of the molecule is COC(=O)c1ccc(C2CN(CC(F)F)CCN2Cc2c(OC)cc(C)c3c2ccn3C(=O)OC(C)(C)C)cc1N. The number of nitrogen functional groups attached to an aromatic ring is 1. The van der Waals surface area contributed by atoms with Crippen molar-refractivity contribution in [2.75, 3.05) is 46.1 Å². The maximum Gasteiger partial charge on any atom is 0.419 e. The number of aromatic nitrogens is 1. The molecular weight excluding hydrogens is 534 g/mol. The van der Waals surface area contributed by atoms with E-state index in [0.29, 0.717) is 31.9 Å². The van der Waals surface area contributed by atoms with E-state index in [9.17, 15) is 18.4 Å². The summed E-state index contributed by atoms with van der Waals surface area (Å²) in [7, 11) is 2.88. The van der Waals surface area contributed by atoms with Crippen LogP contribution in [0.15, 0.2) is 36.5 Å². The van der Waals surface area contributed by atoms with Gasteiger partial charge in [-0.05, 0) is 63.1 Å². The van der Waals surface area contributed by atoms with E-state index in [1.54, 1.807) is 36.4 Å². The Morgan fingerprint density at radius 3 is 2.46 bits per heavy atom. The minimum Gasteiger partial charge on any atom is -0.496 e. The summed E-state index contributed by atoms with van der Waals surface area (Å²) in [6.07, 6.45) is -1.25. The van der Waals surface area contributed by atoms with Crippen molar-refractivity contribution in [3.63, 3.8) is 0 Å². The number of hydrogen-bond donors (Lipinski definition) is 1. The van der Waals surface area contributed by atoms with Crippen LogP contribution < -0.4 is 10.5 Å². The van der Waals surface area contributed by atoms with Crippen LogP contribution in [0.5, 0.6) is 5.75 Å². The quantitative estimate of drug-likeness (QED) is 0.303. The molecule has 1 fully saturated rings. The molecule has 3 aromatic rings. The van der Waals surface area contributed by atoms with Gasteiger partial charge >= 0.3 is 12.1 Å². The predicted molar refractivity (Wildman–Crippen MR) is 153 cm³/mol. The second kappa shape index (κ2) is 12.0. The number of methoxy groups -OCH3 is 2. The molecule has 1 aromatic heterocycles. The molecule has 11 heteroatoms. The first-order chi connectivity index (χ1) is 19.3. The van der Waals surface area contributed by atoms with Gasteiger partial charge in [-0.25, -0.2) is 18.4 Å². The van der Waals surface area contributed by atoms with Gasteiger partial charge in [-0.2, -0.15) is 0 Å². The van der Waals surface area contributed by atoms with Gasteiger partial charge < -0.3 is 19.9 Å². The van der Waals surface area contributed by atoms with Crippen molar-refractivity contribution in [2.24, 2.45) is 0 Å². The molecule has 0 spiro atoms. The summed E-state index contributed by atoms with van der Waals surface area (Å²) in [6.45, 7) is 8.74. The van der Waals surface area contributed by atoms with Gasteiger partial charge in [0.15, 0.2) is 0 Å². The molecular formula is C30H38F2N4O5. The standard InChI is InChI=1S/C30H38F2N4O5/c1-18-13-25(39-5)22(20-9-10-36(27(18)20)29(38)41-30(2,3)4)15-35-12-11-34(17-26(31)32)16-24(35)19-7-8-21(23(33)14-19)28(37)40-6/h7-10,13-14,24,26H,11-12,15-17,33H2,1-6H3. The van der Waals surface area contributed by atoms with E-state index in [1.165, 1.54) is 11.7 Å². The normalized spacial score (nSPS) is 16.8. The van der Waals surface area contributed by atoms with E-state index in [-0.39, 0.29) is 23.8 Å². The molecule has 0 radical (unpaired) electrons. The van der Waals surface area contributed by atoms with E-state index in [0.717, 1.165) is 27.6 Å². The van der Waals surface area contributed by atoms with Gasteiger partial charge in [0.2, 0.25) is 0 Å². The van der Waals surface area contributed by atoms with E-state index < -0.39 is 24.1 Å². The van der Waals surface area contributed by atoms with Gasteiger partial charge in [0.25, 0.3) is 6.43 Å². The van der Waals surface area contributed by atoms with Gasteiger partial charge in [-0.3, -0.25) is 14.4 Å². The number of carbonyl (C=O) groups excluding carboxylic acids is 2. The lowest BCUT2D eigenvalue weighted by Gasteiger charge is -2.42. The van der Waals surface area contributed by atoms with Crippen molar-refractivity contribution in [3.05, 3.63) is 58.8 Å². The molecule has 2 aromatic carbocycles. The minimum atomic E-state index is -2.46. The smallest absolute Gasteiger partial charge is 0.419 e. The summed E-state index contributed by atoms with van der Waals surface area (Å²) in [6, 6.07) is 8.56. The van der Waals surface area contributed by atoms with E-state index in [4.69, 9.17) is 19.9 Å². The summed E-state index contributed by atoms with van der Waals surface area (Å²) in [4.78, 5) is 29.0. The van der Waals surface area contributed by atoms with Crippen molar-refractivity contribution < 1.29 is 32.6 Å². The highest BCUT2D eigenvalue weighted by molar-refractivity contribution is 5.96. The number of fused-ring (bicyclic) bond motifs is 1. The molecule has 0 bridgehead atoms. The first-order valence-corrected chi connectivity index (χ1v) is 13.5. The Morgan fingerprint density at radius 2 is 1.85 bits per heavy atom. The molecule has 1 aliphatic rings. The number of halogens is 2. The van der Waals surface area contributed by atoms with E-state index >= 15 is 0 Å². The fourth-order valence-corrected chi connectivity index (χ4v) is 5.40. The average molecular weight is 573 g/mol. The Hall–Kier alpha value is -3.70. The maximum absolute atomic E-state index is 13.3. The third-order valence-electron chi connectivity index (χ3n) is 7.24. The minimum absolute atomic E-state index is 0.244. The van der Waals surface area contributed by atoms with Crippen LogP contribution in [0.2, 0.25) is 0 Å². The maximum atomic E-state index is 13.3. The first kappa shape index (κ1) is 30.3. The molecule has 2 N–H and O–H groups in total. The van der Waals surface area contributed by atoms with Crippen molar-refractivity contribution in [1.82, 2.24) is 14.4 Å². The lowest BCUT2D eigenvalue weighted by molar-refractivity contribution is 0.0245. The molecule has 41 heavy (non-hydrogen) atoms. The zero-order chi connectivity index (χ0) is 30.1. The topological polar surface area (TPSA) is 99.3 Å². The Bertz CT molecular complexity index is 1430. The number of benzene rings is 2. The molecule has 1 atom stereocenters. The molecule has 1 unspecified atom stereocenters. The number of rotatable bonds is 7. The second-order valence-electron chi connectivity index (χ2n) is 11.3. The van der Waals surface area contributed by atoms with Gasteiger partial charge in [0.1, 0.15) is 11.4 Å². The van der Waals surface area contributed by atoms with Crippen molar-refractivity contribution in [1.29, 1.82) is 0 Å². The van der Waals surface area contributed by atoms with Gasteiger partial charge in [0, 0.05) is 55.1 Å². The van der Waals surface area contributed by atoms with Crippen LogP contribution in [0.3, 0.4) is 0 Å². The lowest BCUT2D eigenvalue weighted by atomic mass is 9.97. The number of hydrogen-bond acceptors (Lipinski definition) is 8. The summed E-state index contributed by atoms with van der Waals surface area (Å²) in [5.41, 5.74) is 9.27. The van der Waals surface area contributed by atoms with E-state index in [2.05, 4.69) is 4.90 Å². The van der Waals surface area contributed by atoms with Crippen molar-refractivity contribution >= 4 is 28.7 Å². The molecule has 2 heterocycles. The number of nitrogens with zero attached hydrogens (tertiary/aromatic N) is 3. The van der Waals surface area contributed by atoms with Crippen LogP contribution in [0, 0.1) is 6.92 Å². The molecule has 4 rings (SSSR count). The molecule has 0 saturated carbocycles. The number of alkyl halides is 2. The lowest BCUT2D eigenvalue weighted by Crippen LogP contribution is -2.49. The molecule has 222 valence electrons. The number of esters is 1. The van der Waals surface area contributed by atoms with Gasteiger partial charge in [-0.15, -0.1) is 0 Å². The second-order valence-corrected chi connectivity index (χ2v) is 11.3. The van der Waals surface area contributed by atoms with Crippen molar-refractivity contribution in [2.45, 2.75) is 52.3 Å². The van der Waals surface area contributed by atoms with Crippen LogP contribution in [-0.2, 0) is 16.0 Å². The fourth-order valence-electron chi connectivity index (χ4n) is 5.40. The summed E-state index contributed by atoms with van der Waals surface area (Å²) >= 11 is 0. The monoisotopic (exact) mass is 572 g/mol. The zero-order valence-corrected chi connectivity index (χ0v) is 24.4. The van der Waals surface area contributed by atoms with Crippen LogP contribution in [0.4, 0.5) is 19.3 Å². The number of aryl methyl sites for hydroxylation is 1. The number of ether oxygens (including phenoxy) is 3. The third-order valence-corrected chi connectivity index (χ3v) is 7.24. The number of piperazine rings is 1. The summed E-state index contributed by atoms with van der Waals surface area (Å²) in [5, 5.41) is 0.835. The fraction of sp³-hybridized carbons (Fsp3) is 0.467. The zero-order valence-electron chi connectivity index (χ0n) is 24.4. The number of nitrogens with two attached hydrogens (primary N) is 1. The first-order valence-electron chi connectivity index (χ1n) is 13.5. The van der Waals surface area contributed by atoms with Crippen molar-refractivity contribution in [3.8, 4) is 5.75 Å². The summed E-state index contributed by atoms with van der Waals surface area (Å²) < 4.78 is 44.4. The number of carbonyl (C=O) groups is 2. The highest BCUT2D eigenvalue weighted by atomic mass is 19.3.